The van der Waals surface area contributed by atoms with Crippen LogP contribution in [0.25, 0.3) is 11.1 Å². The Kier molecular flexibility index (Phi) is 26.8. The van der Waals surface area contributed by atoms with Crippen molar-refractivity contribution < 1.29 is 143 Å². The summed E-state index contributed by atoms with van der Waals surface area (Å²) in [5.74, 6) is -19.0. The van der Waals surface area contributed by atoms with Crippen LogP contribution < -0.4 is 66.2 Å². The molecule has 7 aromatic carbocycles. The summed E-state index contributed by atoms with van der Waals surface area (Å²) in [5, 5.41) is 167. The second-order valence-electron chi connectivity index (χ2n) is 30.6. The zero-order valence-electron chi connectivity index (χ0n) is 65.1. The molecule has 648 valence electrons. The van der Waals surface area contributed by atoms with Crippen molar-refractivity contribution in [2.24, 2.45) is 5.92 Å². The standard InChI is InChI=1S/C83H88Cl2N8O29/c1-33(2)10-8-6-4-5-7-9-11-56(99)88-65-68(102)70(104)73(81(114)115)122-82(65)121-72-53-26-38-27-54(72)118-50-21-16-37(24-45(50)84)66(100)64-79(111)92-63(80(112)113)43-28-39(95)29-52(119-83-71(105)69(103)67(101)55(32-94)120-83)57(43)42-23-35(14-19-47(42)96)60(76(108)93-64)89-77(109)61(38)90-78(110)62-44-30-41(31-49(98)58(44)85)117-51-25-36(15-20-48(51)97)59(86-3)75(107)87-46(74(106)91-62)22-34-12-17-40(116-53)18-13-34/h12-21,23-31,33,46,55,59-71,73,82-83,86,94-98,100-105H,4-11,22,32H2,1-3H3,(H,87,107)(H,88,99)(H,89,109)(H,90,110)(H,91,106)(H,92,111)(H,93,108)(H,112,113)(H,114,115)/t46-,55+,59+,60-,61+,62-,63?,64?,65+,66-,67+,68+,69+,70+,71+,73-,82-,83+/m1/s1. The van der Waals surface area contributed by atoms with E-state index in [1.165, 1.54) is 49.5 Å². The normalized spacial score (nSPS) is 26.5. The van der Waals surface area contributed by atoms with Gasteiger partial charge in [-0.05, 0) is 120 Å². The first-order chi connectivity index (χ1) is 58.2. The van der Waals surface area contributed by atoms with Crippen molar-refractivity contribution >= 4 is 76.5 Å². The first kappa shape index (κ1) is 88.0. The van der Waals surface area contributed by atoms with E-state index >= 15 is 24.0 Å². The monoisotopic (exact) mass is 1730 g/mol. The molecule has 2 fully saturated rings. The lowest BCUT2D eigenvalue weighted by Crippen LogP contribution is -2.66. The van der Waals surface area contributed by atoms with Crippen molar-refractivity contribution in [3.05, 3.63) is 164 Å². The van der Waals surface area contributed by atoms with Crippen molar-refractivity contribution in [1.29, 1.82) is 0 Å². The molecule has 2 saturated heterocycles. The molecule has 122 heavy (non-hydrogen) atoms. The van der Waals surface area contributed by atoms with Crippen molar-refractivity contribution in [2.75, 3.05) is 13.7 Å². The Morgan fingerprint density at radius 3 is 1.86 bits per heavy atom. The van der Waals surface area contributed by atoms with Gasteiger partial charge in [0.15, 0.2) is 35.1 Å². The van der Waals surface area contributed by atoms with E-state index in [4.69, 9.17) is 56.4 Å². The van der Waals surface area contributed by atoms with E-state index in [2.05, 4.69) is 56.4 Å². The van der Waals surface area contributed by atoms with E-state index < -0.39 is 271 Å². The molecule has 8 heterocycles. The number of aliphatic hydroxyl groups excluding tert-OH is 7. The van der Waals surface area contributed by atoms with Gasteiger partial charge in [0, 0.05) is 47.2 Å². The maximum atomic E-state index is 16.7. The van der Waals surface area contributed by atoms with Crippen LogP contribution in [0.15, 0.2) is 115 Å². The van der Waals surface area contributed by atoms with E-state index in [9.17, 15) is 85.6 Å². The molecule has 39 heteroatoms. The number of halogens is 2. The summed E-state index contributed by atoms with van der Waals surface area (Å²) in [7, 11) is 1.42. The highest BCUT2D eigenvalue weighted by Crippen LogP contribution is 2.50. The molecule has 2 unspecified atom stereocenters. The number of likely N-dealkylation sites (N-methyl/N-ethyl adjacent to an activating group) is 1. The molecule has 0 spiro atoms. The largest absolute Gasteiger partial charge is 0.508 e. The topological polar surface area (TPSA) is 577 Å². The van der Waals surface area contributed by atoms with Crippen LogP contribution in [0.4, 0.5) is 0 Å². The number of nitrogens with one attached hydrogen (secondary N) is 8. The van der Waals surface area contributed by atoms with E-state index in [1.54, 1.807) is 0 Å². The number of amides is 7. The lowest BCUT2D eigenvalue weighted by atomic mass is 9.89. The summed E-state index contributed by atoms with van der Waals surface area (Å²) in [4.78, 5) is 136. The third kappa shape index (κ3) is 18.9. The average Bonchev–Trinajstić information content (AvgIpc) is 0.760. The Morgan fingerprint density at radius 2 is 1.17 bits per heavy atom. The van der Waals surface area contributed by atoms with Gasteiger partial charge in [0.05, 0.1) is 16.7 Å². The fourth-order valence-corrected chi connectivity index (χ4v) is 15.6. The van der Waals surface area contributed by atoms with Crippen LogP contribution in [0.3, 0.4) is 0 Å². The molecular formula is C83H88Cl2N8O29. The minimum absolute atomic E-state index is 0.153. The van der Waals surface area contributed by atoms with Crippen molar-refractivity contribution in [1.82, 2.24) is 42.5 Å². The number of aliphatic carboxylic acids is 2. The summed E-state index contributed by atoms with van der Waals surface area (Å²) in [5.41, 5.74) is -3.29. The minimum Gasteiger partial charge on any atom is -0.508 e. The van der Waals surface area contributed by atoms with Crippen molar-refractivity contribution in [3.8, 4) is 80.1 Å². The Balaban J connectivity index is 1.04. The second kappa shape index (κ2) is 37.2. The van der Waals surface area contributed by atoms with Crippen LogP contribution in [0.2, 0.25) is 10.0 Å². The number of carboxylic acids is 2. The van der Waals surface area contributed by atoms with E-state index in [0.717, 1.165) is 105 Å². The zero-order chi connectivity index (χ0) is 87.6. The lowest BCUT2D eigenvalue weighted by Gasteiger charge is -2.41. The molecule has 7 aromatic rings. The van der Waals surface area contributed by atoms with Gasteiger partial charge in [-0.1, -0.05) is 106 Å². The highest BCUT2D eigenvalue weighted by Gasteiger charge is 2.52. The van der Waals surface area contributed by atoms with E-state index in [0.29, 0.717) is 18.8 Å². The number of phenols is 4. The maximum absolute atomic E-state index is 16.7. The molecule has 0 radical (unpaired) electrons. The number of carbonyl (C=O) groups is 9. The summed E-state index contributed by atoms with van der Waals surface area (Å²) >= 11 is 14.2. The number of aliphatic hydroxyl groups is 7. The Labute approximate surface area is 703 Å². The number of unbranched alkanes of at least 4 members (excludes halogenated alkanes) is 5. The van der Waals surface area contributed by atoms with Crippen LogP contribution in [-0.2, 0) is 59.0 Å². The van der Waals surface area contributed by atoms with Gasteiger partial charge < -0.3 is 142 Å². The SMILES string of the molecule is CN[C@@H]1C(=O)N[C@@H]2Cc3ccc(cc3)Oc3cc4cc(c3O[C@@H]3O[C@@H](C(=O)O)[C@@H](O)[C@@H](O)[C@@H]3NC(=O)CCCCCCCCC(C)C)Oc3ccc(cc3Cl)[C@@H](O)C3NC(=O)[C@H](NC(=O)[C@H]4NC(=O)[C@H](NC2=O)c2cc(cc(O)c2Cl)Oc2cc1ccc2O)c1ccc(O)c(c1)-c1c(O[C@H]2O[C@@H](CO)[C@H](O)[C@H](O)[C@@H]2O)cc(O)cc1C(C(=O)O)NC3=O. The molecule has 21 N–H and O–H groups in total. The number of hydrogen-bond donors (Lipinski definition) is 21. The number of carboxylic acid groups (broad SMARTS) is 2. The number of carbonyl (C=O) groups excluding carboxylic acids is 7. The van der Waals surface area contributed by atoms with Crippen molar-refractivity contribution in [2.45, 2.75) is 181 Å². The molecule has 17 bridgehead atoms. The Hall–Kier alpha value is -11.9. The van der Waals surface area contributed by atoms with Crippen LogP contribution in [0.1, 0.15) is 140 Å². The van der Waals surface area contributed by atoms with Crippen molar-refractivity contribution in [3.63, 3.8) is 0 Å². The molecule has 37 nitrogen and oxygen atoms in total. The number of benzene rings is 7. The van der Waals surface area contributed by atoms with Crippen LogP contribution in [0, 0.1) is 5.92 Å². The van der Waals surface area contributed by atoms with Gasteiger partial charge in [0.1, 0.15) is 125 Å². The van der Waals surface area contributed by atoms with Crippen LogP contribution in [0.5, 0.6) is 69.0 Å². The number of phenolic OH excluding ortho intramolecular Hbond substituents is 4. The number of fused-ring (bicyclic) bond motifs is 14. The lowest BCUT2D eigenvalue weighted by molar-refractivity contribution is -0.277. The maximum Gasteiger partial charge on any atom is 0.335 e. The predicted molar refractivity (Wildman–Crippen MR) is 424 cm³/mol. The first-order valence-electron chi connectivity index (χ1n) is 38.9. The molecule has 0 saturated carbocycles. The third-order valence-electron chi connectivity index (χ3n) is 21.6. The van der Waals surface area contributed by atoms with E-state index in [1.807, 2.05) is 0 Å². The van der Waals surface area contributed by atoms with Crippen LogP contribution >= 0.6 is 23.2 Å². The molecule has 18 atom stereocenters. The number of aromatic hydroxyl groups is 4. The summed E-state index contributed by atoms with van der Waals surface area (Å²) in [6, 6.07) is 4.41. The molecule has 0 aromatic heterocycles. The quantitative estimate of drug-likeness (QED) is 0.0536. The fraction of sp³-hybridized carbons (Fsp3) is 0.386. The average molecular weight is 1730 g/mol. The van der Waals surface area contributed by atoms with Gasteiger partial charge in [-0.25, -0.2) is 9.59 Å². The predicted octanol–water partition coefficient (Wildman–Crippen LogP) is 4.18. The molecular weight excluding hydrogens is 1640 g/mol. The Morgan fingerprint density at radius 1 is 0.533 bits per heavy atom. The number of rotatable bonds is 18. The van der Waals surface area contributed by atoms with Gasteiger partial charge >= 0.3 is 11.9 Å². The highest BCUT2D eigenvalue weighted by atomic mass is 35.5. The molecule has 0 aliphatic carbocycles. The van der Waals surface area contributed by atoms with Gasteiger partial charge in [-0.2, -0.15) is 0 Å². The summed E-state index contributed by atoms with van der Waals surface area (Å²) in [6.07, 6.45) is -16.3. The van der Waals surface area contributed by atoms with Gasteiger partial charge in [-0.15, -0.1) is 0 Å². The first-order valence-corrected chi connectivity index (χ1v) is 39.7. The van der Waals surface area contributed by atoms with E-state index in [-0.39, 0.29) is 40.4 Å². The molecule has 8 aliphatic rings. The zero-order valence-corrected chi connectivity index (χ0v) is 66.6. The molecule has 7 amide bonds. The molecule has 15 rings (SSSR count). The second-order valence-corrected chi connectivity index (χ2v) is 31.4. The smallest absolute Gasteiger partial charge is 0.335 e. The van der Waals surface area contributed by atoms with Crippen LogP contribution in [-0.4, -0.2) is 207 Å². The minimum atomic E-state index is -2.47. The third-order valence-corrected chi connectivity index (χ3v) is 22.3. The summed E-state index contributed by atoms with van der Waals surface area (Å²) < 4.78 is 44.0. The number of ether oxygens (including phenoxy) is 7. The highest BCUT2D eigenvalue weighted by molar-refractivity contribution is 6.33. The van der Waals surface area contributed by atoms with Gasteiger partial charge in [-0.3, -0.25) is 33.6 Å². The van der Waals surface area contributed by atoms with Gasteiger partial charge in [0.2, 0.25) is 59.7 Å². The Bertz CT molecular complexity index is 5200. The summed E-state index contributed by atoms with van der Waals surface area (Å²) in [6.45, 7) is 3.26. The fourth-order valence-electron chi connectivity index (χ4n) is 15.2. The molecule has 8 aliphatic heterocycles. The number of hydrogen-bond acceptors (Lipinski definition) is 28. The van der Waals surface area contributed by atoms with Gasteiger partial charge in [0.25, 0.3) is 0 Å².